The van der Waals surface area contributed by atoms with Gasteiger partial charge in [-0.3, -0.25) is 4.79 Å². The van der Waals surface area contributed by atoms with E-state index in [0.717, 1.165) is 17.4 Å². The van der Waals surface area contributed by atoms with Crippen LogP contribution in [0.4, 0.5) is 19.0 Å². The number of carbonyl (C=O) groups is 1. The average Bonchev–Trinajstić information content (AvgIpc) is 3.18. The monoisotopic (exact) mass is 448 g/mol. The molecule has 0 bridgehead atoms. The highest BCUT2D eigenvalue weighted by atomic mass is 32.2. The summed E-state index contributed by atoms with van der Waals surface area (Å²) in [6, 6.07) is 6.52. The molecular formula is C17H19F3N4O3S2. The van der Waals surface area contributed by atoms with E-state index < -0.39 is 21.9 Å². The largest absolute Gasteiger partial charge is 0.433 e. The summed E-state index contributed by atoms with van der Waals surface area (Å²) in [6.07, 6.45) is -4.54. The first-order chi connectivity index (χ1) is 13.5. The number of rotatable bonds is 4. The van der Waals surface area contributed by atoms with E-state index in [-0.39, 0.29) is 42.1 Å². The molecule has 1 amide bonds. The number of nitrogens with zero attached hydrogens (tertiary/aromatic N) is 4. The highest BCUT2D eigenvalue weighted by molar-refractivity contribution is 7.91. The molecule has 29 heavy (non-hydrogen) atoms. The zero-order chi connectivity index (χ0) is 21.4. The maximum Gasteiger partial charge on any atom is 0.433 e. The van der Waals surface area contributed by atoms with Crippen LogP contribution in [0.1, 0.15) is 15.4 Å². The lowest BCUT2D eigenvalue weighted by atomic mass is 10.3. The van der Waals surface area contributed by atoms with Crippen LogP contribution >= 0.6 is 11.3 Å². The molecule has 2 aromatic rings. The Bertz CT molecular complexity index is 997. The van der Waals surface area contributed by atoms with Crippen molar-refractivity contribution in [3.05, 3.63) is 40.9 Å². The van der Waals surface area contributed by atoms with Crippen molar-refractivity contribution in [3.8, 4) is 0 Å². The first-order valence-electron chi connectivity index (χ1n) is 8.61. The van der Waals surface area contributed by atoms with Gasteiger partial charge < -0.3 is 9.80 Å². The normalized spacial score (nSPS) is 16.1. The number of pyridine rings is 1. The van der Waals surface area contributed by atoms with Crippen LogP contribution in [0, 0.1) is 0 Å². The molecule has 158 valence electrons. The van der Waals surface area contributed by atoms with Crippen molar-refractivity contribution in [2.24, 2.45) is 0 Å². The fourth-order valence-corrected chi connectivity index (χ4v) is 5.74. The molecule has 0 atom stereocenters. The van der Waals surface area contributed by atoms with Crippen LogP contribution in [0.3, 0.4) is 0 Å². The number of hydrogen-bond acceptors (Lipinski definition) is 6. The summed E-state index contributed by atoms with van der Waals surface area (Å²) >= 11 is 0.900. The van der Waals surface area contributed by atoms with E-state index in [1.54, 1.807) is 19.0 Å². The number of thiophene rings is 1. The molecule has 0 N–H and O–H groups in total. The number of anilines is 1. The molecule has 1 aliphatic rings. The number of halogens is 3. The Morgan fingerprint density at radius 1 is 1.10 bits per heavy atom. The third-order valence-corrected chi connectivity index (χ3v) is 7.82. The van der Waals surface area contributed by atoms with Crippen molar-refractivity contribution >= 4 is 33.1 Å². The van der Waals surface area contributed by atoms with Gasteiger partial charge in [0.1, 0.15) is 15.7 Å². The summed E-state index contributed by atoms with van der Waals surface area (Å²) in [4.78, 5) is 18.9. The minimum Gasteiger partial charge on any atom is -0.354 e. The van der Waals surface area contributed by atoms with Gasteiger partial charge in [-0.15, -0.1) is 11.3 Å². The summed E-state index contributed by atoms with van der Waals surface area (Å²) in [6.45, 7) is 0.634. The summed E-state index contributed by atoms with van der Waals surface area (Å²) in [7, 11) is -0.622. The predicted molar refractivity (Wildman–Crippen MR) is 103 cm³/mol. The Labute approximate surface area is 170 Å². The minimum atomic E-state index is -4.54. The van der Waals surface area contributed by atoms with Gasteiger partial charge in [0.25, 0.3) is 15.9 Å². The highest BCUT2D eigenvalue weighted by Gasteiger charge is 2.34. The van der Waals surface area contributed by atoms with E-state index in [0.29, 0.717) is 4.88 Å². The van der Waals surface area contributed by atoms with Gasteiger partial charge in [-0.05, 0) is 24.3 Å². The van der Waals surface area contributed by atoms with Gasteiger partial charge in [-0.25, -0.2) is 13.4 Å². The summed E-state index contributed by atoms with van der Waals surface area (Å²) in [5.41, 5.74) is -0.985. The molecule has 0 unspecified atom stereocenters. The van der Waals surface area contributed by atoms with Gasteiger partial charge in [0.15, 0.2) is 0 Å². The number of alkyl halides is 3. The van der Waals surface area contributed by atoms with E-state index in [2.05, 4.69) is 4.98 Å². The first-order valence-corrected chi connectivity index (χ1v) is 10.9. The Morgan fingerprint density at radius 3 is 2.34 bits per heavy atom. The summed E-state index contributed by atoms with van der Waals surface area (Å²) < 4.78 is 65.6. The molecule has 0 aliphatic carbocycles. The number of aromatic nitrogens is 1. The molecule has 12 heteroatoms. The maximum absolute atomic E-state index is 12.9. The third kappa shape index (κ3) is 4.54. The van der Waals surface area contributed by atoms with Crippen LogP contribution in [0.15, 0.2) is 34.5 Å². The molecule has 2 aromatic heterocycles. The van der Waals surface area contributed by atoms with E-state index in [1.807, 2.05) is 0 Å². The Morgan fingerprint density at radius 2 is 1.76 bits per heavy atom. The van der Waals surface area contributed by atoms with Gasteiger partial charge in [0, 0.05) is 40.3 Å². The van der Waals surface area contributed by atoms with Gasteiger partial charge in [0.05, 0.1) is 4.88 Å². The van der Waals surface area contributed by atoms with Gasteiger partial charge in [-0.2, -0.15) is 17.5 Å². The lowest BCUT2D eigenvalue weighted by Gasteiger charge is -2.34. The quantitative estimate of drug-likeness (QED) is 0.718. The molecule has 1 fully saturated rings. The second-order valence-electron chi connectivity index (χ2n) is 6.59. The molecule has 0 spiro atoms. The second kappa shape index (κ2) is 7.92. The molecule has 3 rings (SSSR count). The van der Waals surface area contributed by atoms with Crippen molar-refractivity contribution < 1.29 is 26.4 Å². The number of sulfonamides is 1. The van der Waals surface area contributed by atoms with Gasteiger partial charge in [-0.1, -0.05) is 6.07 Å². The minimum absolute atomic E-state index is 0.0633. The highest BCUT2D eigenvalue weighted by Crippen LogP contribution is 2.30. The lowest BCUT2D eigenvalue weighted by molar-refractivity contribution is -0.141. The number of carbonyl (C=O) groups excluding carboxylic acids is 1. The maximum atomic E-state index is 12.9. The van der Waals surface area contributed by atoms with Gasteiger partial charge >= 0.3 is 6.18 Å². The average molecular weight is 448 g/mol. The Kier molecular flexibility index (Phi) is 5.88. The van der Waals surface area contributed by atoms with E-state index >= 15 is 0 Å². The van der Waals surface area contributed by atoms with E-state index in [1.165, 1.54) is 33.5 Å². The van der Waals surface area contributed by atoms with Crippen molar-refractivity contribution in [2.45, 2.75) is 10.4 Å². The zero-order valence-electron chi connectivity index (χ0n) is 15.7. The summed E-state index contributed by atoms with van der Waals surface area (Å²) in [5.74, 6) is -0.122. The Hall–Kier alpha value is -2.18. The molecule has 3 heterocycles. The molecular weight excluding hydrogens is 429 g/mol. The van der Waals surface area contributed by atoms with Crippen LogP contribution in [0.5, 0.6) is 0 Å². The fourth-order valence-electron chi connectivity index (χ4n) is 2.84. The topological polar surface area (TPSA) is 73.8 Å². The first kappa shape index (κ1) is 21.5. The molecule has 0 saturated carbocycles. The Balaban J connectivity index is 1.71. The number of hydrogen-bond donors (Lipinski definition) is 0. The smallest absolute Gasteiger partial charge is 0.354 e. The van der Waals surface area contributed by atoms with Crippen LogP contribution in [0.25, 0.3) is 0 Å². The van der Waals surface area contributed by atoms with Crippen LogP contribution in [-0.2, 0) is 16.2 Å². The van der Waals surface area contributed by atoms with Gasteiger partial charge in [0.2, 0.25) is 0 Å². The SMILES string of the molecule is CN(C)C(=O)c1ccc(S(=O)(=O)N2CCN(c3cccc(C(F)(F)F)n3)CC2)s1. The molecule has 0 radical (unpaired) electrons. The number of piperazine rings is 1. The van der Waals surface area contributed by atoms with Crippen molar-refractivity contribution in [3.63, 3.8) is 0 Å². The van der Waals surface area contributed by atoms with E-state index in [4.69, 9.17) is 0 Å². The van der Waals surface area contributed by atoms with Crippen LogP contribution in [0.2, 0.25) is 0 Å². The van der Waals surface area contributed by atoms with Crippen molar-refractivity contribution in [1.82, 2.24) is 14.2 Å². The second-order valence-corrected chi connectivity index (χ2v) is 9.84. The molecule has 1 aliphatic heterocycles. The lowest BCUT2D eigenvalue weighted by Crippen LogP contribution is -2.48. The fraction of sp³-hybridized carbons (Fsp3) is 0.412. The predicted octanol–water partition coefficient (Wildman–Crippen LogP) is 2.37. The third-order valence-electron chi connectivity index (χ3n) is 4.38. The molecule has 1 saturated heterocycles. The standard InChI is InChI=1S/C17H19F3N4O3S2/c1-22(2)16(25)12-6-7-15(28-12)29(26,27)24-10-8-23(9-11-24)14-5-3-4-13(21-14)17(18,19)20/h3-7H,8-11H2,1-2H3. The zero-order valence-corrected chi connectivity index (χ0v) is 17.3. The molecule has 7 nitrogen and oxygen atoms in total. The van der Waals surface area contributed by atoms with Crippen LogP contribution < -0.4 is 4.90 Å². The van der Waals surface area contributed by atoms with E-state index in [9.17, 15) is 26.4 Å². The number of amides is 1. The molecule has 0 aromatic carbocycles. The van der Waals surface area contributed by atoms with Crippen molar-refractivity contribution in [1.29, 1.82) is 0 Å². The van der Waals surface area contributed by atoms with Crippen LogP contribution in [-0.4, -0.2) is 68.8 Å². The summed E-state index contributed by atoms with van der Waals surface area (Å²) in [5, 5.41) is 0. The van der Waals surface area contributed by atoms with Crippen molar-refractivity contribution in [2.75, 3.05) is 45.2 Å².